The van der Waals surface area contributed by atoms with Gasteiger partial charge in [0.25, 0.3) is 5.91 Å². The summed E-state index contributed by atoms with van der Waals surface area (Å²) in [6, 6.07) is 3.22. The Hall–Kier alpha value is -3.25. The quantitative estimate of drug-likeness (QED) is 0.495. The molecule has 12 heteroatoms. The summed E-state index contributed by atoms with van der Waals surface area (Å²) < 4.78 is 11.9. The second-order valence-corrected chi connectivity index (χ2v) is 8.15. The van der Waals surface area contributed by atoms with Gasteiger partial charge in [-0.25, -0.2) is 9.48 Å². The van der Waals surface area contributed by atoms with Gasteiger partial charge in [0.05, 0.1) is 12.8 Å². The Bertz CT molecular complexity index is 1140. The lowest BCUT2D eigenvalue weighted by Crippen LogP contribution is -2.27. The topological polar surface area (TPSA) is 144 Å². The van der Waals surface area contributed by atoms with Crippen LogP contribution in [0.2, 0.25) is 0 Å². The molecule has 0 aliphatic heterocycles. The first-order valence-electron chi connectivity index (χ1n) is 9.75. The second kappa shape index (κ2) is 8.86. The number of aromatic nitrogens is 4. The summed E-state index contributed by atoms with van der Waals surface area (Å²) >= 11 is 1.13. The molecule has 2 atom stereocenters. The number of carbonyl (C=O) groups is 1. The molecule has 0 aromatic carbocycles. The lowest BCUT2D eigenvalue weighted by atomic mass is 10.0. The number of amides is 1. The molecule has 0 saturated heterocycles. The largest absolute Gasteiger partial charge is 0.488 e. The van der Waals surface area contributed by atoms with Crippen molar-refractivity contribution < 1.29 is 19.1 Å². The minimum absolute atomic E-state index is 0.0208. The van der Waals surface area contributed by atoms with Gasteiger partial charge in [0, 0.05) is 36.5 Å². The van der Waals surface area contributed by atoms with Gasteiger partial charge in [0.1, 0.15) is 0 Å². The number of anilines is 2. The van der Waals surface area contributed by atoms with Crippen LogP contribution in [0.4, 0.5) is 10.8 Å². The van der Waals surface area contributed by atoms with Crippen molar-refractivity contribution in [1.82, 2.24) is 20.0 Å². The number of ether oxygens (including phenoxy) is 1. The van der Waals surface area contributed by atoms with E-state index in [2.05, 4.69) is 25.9 Å². The zero-order valence-corrected chi connectivity index (χ0v) is 17.8. The minimum Gasteiger partial charge on any atom is -0.488 e. The molecule has 164 valence electrons. The minimum atomic E-state index is -0.777. The first kappa shape index (κ1) is 21.0. The summed E-state index contributed by atoms with van der Waals surface area (Å²) in [6.07, 6.45) is 4.34. The smallest absolute Gasteiger partial charge is 0.381 e. The van der Waals surface area contributed by atoms with Gasteiger partial charge in [-0.3, -0.25) is 10.1 Å². The molecule has 4 rings (SSSR count). The number of aliphatic hydroxyl groups excluding tert-OH is 1. The van der Waals surface area contributed by atoms with Crippen LogP contribution >= 0.6 is 11.3 Å². The highest BCUT2D eigenvalue weighted by Gasteiger charge is 2.28. The van der Waals surface area contributed by atoms with E-state index in [4.69, 9.17) is 9.15 Å². The molecule has 11 nitrogen and oxygen atoms in total. The zero-order chi connectivity index (χ0) is 22.0. The molecule has 3 heterocycles. The van der Waals surface area contributed by atoms with Crippen LogP contribution in [0.1, 0.15) is 35.5 Å². The average Bonchev–Trinajstić information content (AvgIpc) is 3.49. The Kier molecular flexibility index (Phi) is 6.00. The number of hydrogen-bond acceptors (Lipinski definition) is 10. The van der Waals surface area contributed by atoms with Crippen molar-refractivity contribution in [3.05, 3.63) is 40.2 Å². The summed E-state index contributed by atoms with van der Waals surface area (Å²) in [6.45, 7) is 1.92. The third-order valence-corrected chi connectivity index (χ3v) is 6.03. The fraction of sp³-hybridized carbons (Fsp3) is 0.421. The van der Waals surface area contributed by atoms with E-state index in [-0.39, 0.29) is 35.2 Å². The van der Waals surface area contributed by atoms with Crippen LogP contribution in [0, 0.1) is 12.8 Å². The Balaban J connectivity index is 1.55. The van der Waals surface area contributed by atoms with E-state index in [1.165, 1.54) is 13.2 Å². The van der Waals surface area contributed by atoms with Gasteiger partial charge in [-0.2, -0.15) is 5.10 Å². The summed E-state index contributed by atoms with van der Waals surface area (Å²) in [7, 11) is 1.36. The van der Waals surface area contributed by atoms with E-state index < -0.39 is 11.5 Å². The molecule has 0 spiro atoms. The number of aliphatic hydroxyl groups is 1. The number of methoxy groups -OCH3 is 1. The average molecular weight is 446 g/mol. The summed E-state index contributed by atoms with van der Waals surface area (Å²) in [5.74, 6) is -0.793. The SMILES string of the molecule is COc1c(N[C@H]2CCC[C@H]2CO)cc(C(=O)Nc2nnc(-n3nccc3C)s2)oc1=O. The first-order valence-corrected chi connectivity index (χ1v) is 10.6. The molecule has 3 aromatic heterocycles. The Labute approximate surface area is 181 Å². The molecule has 0 unspecified atom stereocenters. The summed E-state index contributed by atoms with van der Waals surface area (Å²) in [5, 5.41) is 28.2. The molecule has 1 aliphatic rings. The van der Waals surface area contributed by atoms with Gasteiger partial charge in [0.2, 0.25) is 16.0 Å². The van der Waals surface area contributed by atoms with Crippen molar-refractivity contribution in [1.29, 1.82) is 0 Å². The van der Waals surface area contributed by atoms with Crippen molar-refractivity contribution in [2.24, 2.45) is 5.92 Å². The molecule has 31 heavy (non-hydrogen) atoms. The van der Waals surface area contributed by atoms with Gasteiger partial charge in [-0.15, -0.1) is 10.2 Å². The van der Waals surface area contributed by atoms with Crippen molar-refractivity contribution in [3.8, 4) is 10.9 Å². The molecule has 0 radical (unpaired) electrons. The maximum absolute atomic E-state index is 12.7. The molecular weight excluding hydrogens is 424 g/mol. The molecular formula is C19H22N6O5S. The lowest BCUT2D eigenvalue weighted by molar-refractivity contribution is 0.0991. The molecule has 1 fully saturated rings. The Morgan fingerprint density at radius 2 is 2.26 bits per heavy atom. The van der Waals surface area contributed by atoms with Crippen molar-refractivity contribution in [2.75, 3.05) is 24.4 Å². The van der Waals surface area contributed by atoms with Crippen molar-refractivity contribution in [2.45, 2.75) is 32.2 Å². The van der Waals surface area contributed by atoms with Gasteiger partial charge in [-0.05, 0) is 25.8 Å². The van der Waals surface area contributed by atoms with Gasteiger partial charge in [0.15, 0.2) is 5.76 Å². The monoisotopic (exact) mass is 446 g/mol. The van der Waals surface area contributed by atoms with Crippen molar-refractivity contribution in [3.63, 3.8) is 0 Å². The fourth-order valence-corrected chi connectivity index (χ4v) is 4.38. The number of carbonyl (C=O) groups excluding carboxylic acids is 1. The first-order chi connectivity index (χ1) is 15.0. The highest BCUT2D eigenvalue weighted by molar-refractivity contribution is 7.17. The summed E-state index contributed by atoms with van der Waals surface area (Å²) in [4.78, 5) is 25.1. The van der Waals surface area contributed by atoms with Crippen LogP contribution in [-0.2, 0) is 0 Å². The van der Waals surface area contributed by atoms with Crippen LogP contribution in [0.5, 0.6) is 5.75 Å². The third kappa shape index (κ3) is 4.30. The predicted molar refractivity (Wildman–Crippen MR) is 113 cm³/mol. The highest BCUT2D eigenvalue weighted by atomic mass is 32.1. The molecule has 0 bridgehead atoms. The van der Waals surface area contributed by atoms with Crippen LogP contribution in [0.25, 0.3) is 5.13 Å². The van der Waals surface area contributed by atoms with E-state index >= 15 is 0 Å². The number of rotatable bonds is 7. The van der Waals surface area contributed by atoms with E-state index in [0.717, 1.165) is 36.3 Å². The molecule has 1 aliphatic carbocycles. The normalized spacial score (nSPS) is 18.2. The van der Waals surface area contributed by atoms with Crippen molar-refractivity contribution >= 4 is 28.1 Å². The third-order valence-electron chi connectivity index (χ3n) is 5.22. The number of hydrogen-bond donors (Lipinski definition) is 3. The Morgan fingerprint density at radius 3 is 2.97 bits per heavy atom. The van der Waals surface area contributed by atoms with E-state index in [9.17, 15) is 14.7 Å². The molecule has 3 N–H and O–H groups in total. The fourth-order valence-electron chi connectivity index (χ4n) is 3.62. The Morgan fingerprint density at radius 1 is 1.42 bits per heavy atom. The summed E-state index contributed by atoms with van der Waals surface area (Å²) in [5.41, 5.74) is 0.444. The standard InChI is InChI=1S/C19H22N6O5S/c1-10-6-7-20-25(10)19-24-23-18(31-19)22-16(27)14-8-13(15(29-2)17(28)30-14)21-12-5-3-4-11(12)9-26/h6-8,11-12,21,26H,3-5,9H2,1-2H3,(H,22,23,27)/t11-,12-/m0/s1. The molecule has 3 aromatic rings. The number of nitrogens with one attached hydrogen (secondary N) is 2. The predicted octanol–water partition coefficient (Wildman–Crippen LogP) is 1.82. The maximum Gasteiger partial charge on any atom is 0.381 e. The number of nitrogens with zero attached hydrogens (tertiary/aromatic N) is 4. The highest BCUT2D eigenvalue weighted by Crippen LogP contribution is 2.31. The van der Waals surface area contributed by atoms with E-state index in [1.54, 1.807) is 10.9 Å². The van der Waals surface area contributed by atoms with E-state index in [1.807, 2.05) is 13.0 Å². The van der Waals surface area contributed by atoms with E-state index in [0.29, 0.717) is 10.8 Å². The van der Waals surface area contributed by atoms with Gasteiger partial charge < -0.3 is 19.6 Å². The molecule has 1 amide bonds. The van der Waals surface area contributed by atoms with Crippen LogP contribution in [0.3, 0.4) is 0 Å². The lowest BCUT2D eigenvalue weighted by Gasteiger charge is -2.21. The molecule has 1 saturated carbocycles. The van der Waals surface area contributed by atoms with Crippen LogP contribution in [0.15, 0.2) is 27.5 Å². The van der Waals surface area contributed by atoms with Crippen LogP contribution in [-0.4, -0.2) is 50.8 Å². The number of aryl methyl sites for hydroxylation is 1. The second-order valence-electron chi connectivity index (χ2n) is 7.20. The van der Waals surface area contributed by atoms with Gasteiger partial charge >= 0.3 is 5.63 Å². The zero-order valence-electron chi connectivity index (χ0n) is 17.0. The van der Waals surface area contributed by atoms with Gasteiger partial charge in [-0.1, -0.05) is 17.8 Å². The maximum atomic E-state index is 12.7. The van der Waals surface area contributed by atoms with Crippen LogP contribution < -0.4 is 21.0 Å².